The van der Waals surface area contributed by atoms with Crippen LogP contribution in [-0.4, -0.2) is 13.1 Å². The average Bonchev–Trinajstić information content (AvgIpc) is 2.56. The maximum Gasteiger partial charge on any atom is 0.103 e. The van der Waals surface area contributed by atoms with Gasteiger partial charge >= 0.3 is 0 Å². The Morgan fingerprint density at radius 3 is 2.32 bits per heavy atom. The third-order valence-electron chi connectivity index (χ3n) is 3.33. The van der Waals surface area contributed by atoms with Crippen LogP contribution in [0, 0.1) is 11.3 Å². The predicted molar refractivity (Wildman–Crippen MR) is 93.0 cm³/mol. The fraction of sp³-hybridized carbons (Fsp3) is 0.235. The van der Waals surface area contributed by atoms with Gasteiger partial charge in [-0.15, -0.1) is 5.11 Å². The Bertz CT molecular complexity index is 698. The molecular weight excluding hydrogens is 340 g/mol. The number of hydrogen-bond acceptors (Lipinski definition) is 4. The minimum Gasteiger partial charge on any atom is -0.372 e. The van der Waals surface area contributed by atoms with Crippen molar-refractivity contribution in [3.8, 4) is 6.07 Å². The second kappa shape index (κ2) is 7.71. The first-order valence-electron chi connectivity index (χ1n) is 7.14. The van der Waals surface area contributed by atoms with E-state index >= 15 is 0 Å². The fourth-order valence-electron chi connectivity index (χ4n) is 2.12. The van der Waals surface area contributed by atoms with E-state index in [0.717, 1.165) is 23.2 Å². The highest BCUT2D eigenvalue weighted by Gasteiger charge is 2.03. The molecule has 0 fully saturated rings. The summed E-state index contributed by atoms with van der Waals surface area (Å²) >= 11 is 3.34. The number of halogens is 1. The Balaban J connectivity index is 2.19. The number of nitrogens with zero attached hydrogens (tertiary/aromatic N) is 4. The van der Waals surface area contributed by atoms with E-state index in [1.54, 1.807) is 12.1 Å². The molecule has 2 aromatic carbocycles. The normalized spacial score (nSPS) is 10.6. The van der Waals surface area contributed by atoms with Crippen molar-refractivity contribution in [1.82, 2.24) is 0 Å². The molecule has 112 valence electrons. The molecule has 0 aliphatic rings. The van der Waals surface area contributed by atoms with E-state index in [1.165, 1.54) is 5.69 Å². The van der Waals surface area contributed by atoms with Gasteiger partial charge in [0.25, 0.3) is 0 Å². The molecule has 0 amide bonds. The van der Waals surface area contributed by atoms with Crippen LogP contribution in [0.3, 0.4) is 0 Å². The van der Waals surface area contributed by atoms with Crippen LogP contribution < -0.4 is 4.90 Å². The van der Waals surface area contributed by atoms with Gasteiger partial charge in [0.2, 0.25) is 0 Å². The Hall–Kier alpha value is -2.19. The third kappa shape index (κ3) is 3.92. The number of benzene rings is 2. The van der Waals surface area contributed by atoms with Gasteiger partial charge in [-0.05, 0) is 56.3 Å². The van der Waals surface area contributed by atoms with Gasteiger partial charge < -0.3 is 4.90 Å². The van der Waals surface area contributed by atoms with E-state index in [-0.39, 0.29) is 0 Å². The standard InChI is InChI=1S/C17H17BrN4/c1-3-22(4-2)16-8-6-15(7-9-16)20-21-17-10-5-14(18)11-13(17)12-19/h5-11H,3-4H2,1-2H3. The molecule has 0 atom stereocenters. The Kier molecular flexibility index (Phi) is 5.68. The van der Waals surface area contributed by atoms with E-state index < -0.39 is 0 Å². The molecule has 0 bridgehead atoms. The summed E-state index contributed by atoms with van der Waals surface area (Å²) < 4.78 is 0.853. The van der Waals surface area contributed by atoms with Gasteiger partial charge in [0.15, 0.2) is 0 Å². The van der Waals surface area contributed by atoms with Crippen LogP contribution in [-0.2, 0) is 0 Å². The second-order valence-corrected chi connectivity index (χ2v) is 5.58. The number of hydrogen-bond donors (Lipinski definition) is 0. The molecule has 0 spiro atoms. The fourth-order valence-corrected chi connectivity index (χ4v) is 2.48. The molecule has 0 unspecified atom stereocenters. The van der Waals surface area contributed by atoms with Crippen LogP contribution in [0.2, 0.25) is 0 Å². The van der Waals surface area contributed by atoms with Gasteiger partial charge in [-0.25, -0.2) is 0 Å². The summed E-state index contributed by atoms with van der Waals surface area (Å²) in [7, 11) is 0. The van der Waals surface area contributed by atoms with E-state index in [4.69, 9.17) is 5.26 Å². The zero-order valence-electron chi connectivity index (χ0n) is 12.6. The Morgan fingerprint density at radius 1 is 1.05 bits per heavy atom. The summed E-state index contributed by atoms with van der Waals surface area (Å²) in [5, 5.41) is 17.5. The predicted octanol–water partition coefficient (Wildman–Crippen LogP) is 5.58. The maximum absolute atomic E-state index is 9.11. The number of rotatable bonds is 5. The number of anilines is 1. The van der Waals surface area contributed by atoms with Crippen molar-refractivity contribution in [3.63, 3.8) is 0 Å². The van der Waals surface area contributed by atoms with Crippen molar-refractivity contribution in [2.75, 3.05) is 18.0 Å². The van der Waals surface area contributed by atoms with Crippen LogP contribution >= 0.6 is 15.9 Å². The second-order valence-electron chi connectivity index (χ2n) is 4.66. The van der Waals surface area contributed by atoms with Crippen LogP contribution in [0.15, 0.2) is 57.2 Å². The first kappa shape index (κ1) is 16.2. The molecule has 0 aliphatic carbocycles. The van der Waals surface area contributed by atoms with E-state index in [1.807, 2.05) is 30.3 Å². The van der Waals surface area contributed by atoms with Crippen molar-refractivity contribution in [2.24, 2.45) is 10.2 Å². The highest BCUT2D eigenvalue weighted by molar-refractivity contribution is 9.10. The first-order valence-corrected chi connectivity index (χ1v) is 7.93. The molecular formula is C17H17BrN4. The monoisotopic (exact) mass is 356 g/mol. The van der Waals surface area contributed by atoms with E-state index in [2.05, 4.69) is 51.0 Å². The Morgan fingerprint density at radius 2 is 1.73 bits per heavy atom. The van der Waals surface area contributed by atoms with Crippen molar-refractivity contribution >= 4 is 33.0 Å². The van der Waals surface area contributed by atoms with Gasteiger partial charge in [0, 0.05) is 23.2 Å². The lowest BCUT2D eigenvalue weighted by Gasteiger charge is -2.20. The molecule has 0 radical (unpaired) electrons. The van der Waals surface area contributed by atoms with Gasteiger partial charge in [-0.1, -0.05) is 15.9 Å². The summed E-state index contributed by atoms with van der Waals surface area (Å²) in [6, 6.07) is 15.4. The molecule has 0 saturated heterocycles. The van der Waals surface area contributed by atoms with Gasteiger partial charge in [-0.3, -0.25) is 0 Å². The van der Waals surface area contributed by atoms with Gasteiger partial charge in [0.05, 0.1) is 11.3 Å². The lowest BCUT2D eigenvalue weighted by Crippen LogP contribution is -2.21. The van der Waals surface area contributed by atoms with Crippen molar-refractivity contribution < 1.29 is 0 Å². The molecule has 0 N–H and O–H groups in total. The topological polar surface area (TPSA) is 51.8 Å². The lowest BCUT2D eigenvalue weighted by molar-refractivity contribution is 0.866. The molecule has 4 nitrogen and oxygen atoms in total. The molecule has 0 aromatic heterocycles. The first-order chi connectivity index (χ1) is 10.7. The van der Waals surface area contributed by atoms with Crippen molar-refractivity contribution in [2.45, 2.75) is 13.8 Å². The number of nitriles is 1. The van der Waals surface area contributed by atoms with Crippen molar-refractivity contribution in [3.05, 3.63) is 52.5 Å². The highest BCUT2D eigenvalue weighted by Crippen LogP contribution is 2.26. The highest BCUT2D eigenvalue weighted by atomic mass is 79.9. The van der Waals surface area contributed by atoms with Gasteiger partial charge in [0.1, 0.15) is 11.8 Å². The summed E-state index contributed by atoms with van der Waals surface area (Å²) in [6.07, 6.45) is 0. The molecule has 22 heavy (non-hydrogen) atoms. The SMILES string of the molecule is CCN(CC)c1ccc(N=Nc2ccc(Br)cc2C#N)cc1. The van der Waals surface area contributed by atoms with Gasteiger partial charge in [-0.2, -0.15) is 10.4 Å². The average molecular weight is 357 g/mol. The number of azo groups is 1. The third-order valence-corrected chi connectivity index (χ3v) is 3.82. The molecule has 0 saturated carbocycles. The van der Waals surface area contributed by atoms with E-state index in [0.29, 0.717) is 11.3 Å². The zero-order chi connectivity index (χ0) is 15.9. The summed E-state index contributed by atoms with van der Waals surface area (Å²) in [5.41, 5.74) is 3.00. The molecule has 5 heteroatoms. The van der Waals surface area contributed by atoms with Crippen molar-refractivity contribution in [1.29, 1.82) is 5.26 Å². The smallest absolute Gasteiger partial charge is 0.103 e. The minimum atomic E-state index is 0.498. The molecule has 0 aliphatic heterocycles. The van der Waals surface area contributed by atoms with Crippen LogP contribution in [0.5, 0.6) is 0 Å². The lowest BCUT2D eigenvalue weighted by atomic mass is 10.2. The summed E-state index contributed by atoms with van der Waals surface area (Å²) in [4.78, 5) is 2.27. The summed E-state index contributed by atoms with van der Waals surface area (Å²) in [6.45, 7) is 6.21. The zero-order valence-corrected chi connectivity index (χ0v) is 14.2. The van der Waals surface area contributed by atoms with E-state index in [9.17, 15) is 0 Å². The molecule has 0 heterocycles. The molecule has 2 rings (SSSR count). The Labute approximate surface area is 139 Å². The minimum absolute atomic E-state index is 0.498. The summed E-state index contributed by atoms with van der Waals surface area (Å²) in [5.74, 6) is 0. The largest absolute Gasteiger partial charge is 0.372 e. The van der Waals surface area contributed by atoms with Crippen LogP contribution in [0.4, 0.5) is 17.1 Å². The molecule has 2 aromatic rings. The quantitative estimate of drug-likeness (QED) is 0.656. The van der Waals surface area contributed by atoms with Crippen LogP contribution in [0.1, 0.15) is 19.4 Å². The van der Waals surface area contributed by atoms with Crippen LogP contribution in [0.25, 0.3) is 0 Å². The maximum atomic E-state index is 9.11.